The van der Waals surface area contributed by atoms with E-state index in [0.717, 1.165) is 29.5 Å². The average molecular weight is 561 g/mol. The van der Waals surface area contributed by atoms with Gasteiger partial charge in [0.15, 0.2) is 14.4 Å². The number of benzene rings is 2. The average Bonchev–Trinajstić information content (AvgIpc) is 2.92. The van der Waals surface area contributed by atoms with E-state index in [1.165, 1.54) is 7.11 Å². The standard InChI is InChI=1S/C34H44O5Si/c1-34(2,3)40(6,7)38-26-30-22-14-15-24-31(30)33(39-32(35)27-37-5)29(21-13-8-9-16-25-36-4)23-17-20-28-18-11-10-12-19-28/h10-12,14-15,18-19,22-24,33H,8-9,16,25-27H2,1-7H3/b29-23+. The summed E-state index contributed by atoms with van der Waals surface area (Å²) < 4.78 is 22.8. The largest absolute Gasteiger partial charge is 0.450 e. The Morgan fingerprint density at radius 3 is 2.35 bits per heavy atom. The summed E-state index contributed by atoms with van der Waals surface area (Å²) in [6, 6.07) is 17.6. The van der Waals surface area contributed by atoms with Gasteiger partial charge in [-0.3, -0.25) is 0 Å². The lowest BCUT2D eigenvalue weighted by Crippen LogP contribution is -2.40. The van der Waals surface area contributed by atoms with Crippen LogP contribution < -0.4 is 0 Å². The fourth-order valence-electron chi connectivity index (χ4n) is 3.49. The van der Waals surface area contributed by atoms with Gasteiger partial charge in [0.25, 0.3) is 0 Å². The quantitative estimate of drug-likeness (QED) is 0.119. The molecule has 0 saturated heterocycles. The molecule has 0 amide bonds. The minimum Gasteiger partial charge on any atom is -0.450 e. The lowest BCUT2D eigenvalue weighted by Gasteiger charge is -2.36. The van der Waals surface area contributed by atoms with Crippen LogP contribution in [0.15, 0.2) is 66.2 Å². The molecule has 2 rings (SSSR count). The number of hydrogen-bond acceptors (Lipinski definition) is 5. The molecule has 0 aliphatic carbocycles. The number of methoxy groups -OCH3 is 2. The smallest absolute Gasteiger partial charge is 0.333 e. The van der Waals surface area contributed by atoms with Crippen molar-refractivity contribution < 1.29 is 23.4 Å². The Morgan fingerprint density at radius 2 is 1.68 bits per heavy atom. The number of carbonyl (C=O) groups excluding carboxylic acids is 1. The summed E-state index contributed by atoms with van der Waals surface area (Å²) in [5, 5.41) is 0.0681. The number of allylic oxidation sites excluding steroid dienone is 1. The van der Waals surface area contributed by atoms with Crippen LogP contribution in [0.1, 0.15) is 62.8 Å². The first kappa shape index (κ1) is 33.1. The van der Waals surface area contributed by atoms with E-state index in [1.807, 2.05) is 54.6 Å². The van der Waals surface area contributed by atoms with E-state index >= 15 is 0 Å². The summed E-state index contributed by atoms with van der Waals surface area (Å²) in [5.41, 5.74) is 3.28. The van der Waals surface area contributed by atoms with Crippen molar-refractivity contribution in [3.63, 3.8) is 0 Å². The number of rotatable bonds is 12. The van der Waals surface area contributed by atoms with E-state index in [1.54, 1.807) is 13.2 Å². The monoisotopic (exact) mass is 560 g/mol. The second-order valence-corrected chi connectivity index (χ2v) is 15.8. The zero-order valence-electron chi connectivity index (χ0n) is 25.1. The molecule has 0 saturated carbocycles. The van der Waals surface area contributed by atoms with Gasteiger partial charge in [0.05, 0.1) is 12.2 Å². The molecule has 0 heterocycles. The fourth-order valence-corrected chi connectivity index (χ4v) is 4.44. The molecule has 1 atom stereocenters. The third-order valence-corrected chi connectivity index (χ3v) is 11.4. The number of hydrogen-bond donors (Lipinski definition) is 0. The van der Waals surface area contributed by atoms with Crippen LogP contribution >= 0.6 is 0 Å². The molecule has 40 heavy (non-hydrogen) atoms. The predicted molar refractivity (Wildman–Crippen MR) is 164 cm³/mol. The first-order valence-corrected chi connectivity index (χ1v) is 16.6. The van der Waals surface area contributed by atoms with Gasteiger partial charge >= 0.3 is 5.97 Å². The molecule has 5 nitrogen and oxygen atoms in total. The van der Waals surface area contributed by atoms with E-state index in [9.17, 15) is 4.79 Å². The first-order valence-electron chi connectivity index (χ1n) is 13.7. The van der Waals surface area contributed by atoms with Crippen LogP contribution in [-0.2, 0) is 30.0 Å². The maximum absolute atomic E-state index is 12.7. The van der Waals surface area contributed by atoms with Crippen molar-refractivity contribution in [3.8, 4) is 23.7 Å². The summed E-state index contributed by atoms with van der Waals surface area (Å²) in [7, 11) is 1.15. The topological polar surface area (TPSA) is 54.0 Å². The van der Waals surface area contributed by atoms with Crippen LogP contribution in [0.5, 0.6) is 0 Å². The Hall–Kier alpha value is -3.13. The molecule has 0 radical (unpaired) electrons. The lowest BCUT2D eigenvalue weighted by atomic mass is 9.96. The van der Waals surface area contributed by atoms with E-state index in [-0.39, 0.29) is 11.6 Å². The number of unbranched alkanes of at least 4 members (excludes halogenated alkanes) is 2. The van der Waals surface area contributed by atoms with Crippen molar-refractivity contribution in [3.05, 3.63) is 82.9 Å². The normalized spacial score (nSPS) is 12.5. The number of ether oxygens (including phenoxy) is 3. The number of esters is 1. The zero-order valence-corrected chi connectivity index (χ0v) is 26.1. The minimum absolute atomic E-state index is 0.0681. The third kappa shape index (κ3) is 11.2. The molecule has 0 fully saturated rings. The van der Waals surface area contributed by atoms with Gasteiger partial charge in [0.1, 0.15) is 6.61 Å². The van der Waals surface area contributed by atoms with Crippen molar-refractivity contribution in [1.82, 2.24) is 0 Å². The highest BCUT2D eigenvalue weighted by atomic mass is 28.4. The van der Waals surface area contributed by atoms with Gasteiger partial charge in [-0.2, -0.15) is 0 Å². The molecule has 6 heteroatoms. The molecule has 0 aliphatic rings. The predicted octanol–water partition coefficient (Wildman–Crippen LogP) is 7.24. The Kier molecular flexibility index (Phi) is 13.9. The van der Waals surface area contributed by atoms with Gasteiger partial charge < -0.3 is 18.6 Å². The maximum Gasteiger partial charge on any atom is 0.333 e. The molecule has 1 unspecified atom stereocenters. The molecular weight excluding hydrogens is 516 g/mol. The molecule has 2 aromatic carbocycles. The van der Waals surface area contributed by atoms with Crippen molar-refractivity contribution in [2.75, 3.05) is 27.4 Å². The molecule has 0 N–H and O–H groups in total. The van der Waals surface area contributed by atoms with E-state index in [0.29, 0.717) is 25.2 Å². The van der Waals surface area contributed by atoms with Crippen LogP contribution in [0.2, 0.25) is 18.1 Å². The van der Waals surface area contributed by atoms with Gasteiger partial charge in [-0.15, -0.1) is 0 Å². The summed E-state index contributed by atoms with van der Waals surface area (Å²) in [6.07, 6.45) is 3.54. The van der Waals surface area contributed by atoms with Crippen LogP contribution in [0.4, 0.5) is 0 Å². The van der Waals surface area contributed by atoms with Crippen LogP contribution in [0.25, 0.3) is 0 Å². The summed E-state index contributed by atoms with van der Waals surface area (Å²) in [4.78, 5) is 12.7. The Labute approximate surface area is 242 Å². The third-order valence-electron chi connectivity index (χ3n) is 6.88. The van der Waals surface area contributed by atoms with Crippen molar-refractivity contribution in [2.24, 2.45) is 0 Å². The van der Waals surface area contributed by atoms with Gasteiger partial charge in [-0.25, -0.2) is 4.79 Å². The lowest BCUT2D eigenvalue weighted by molar-refractivity contribution is -0.151. The summed E-state index contributed by atoms with van der Waals surface area (Å²) in [6.45, 7) is 12.1. The Bertz CT molecular complexity index is 1220. The van der Waals surface area contributed by atoms with Crippen LogP contribution in [0, 0.1) is 23.7 Å². The second-order valence-electron chi connectivity index (χ2n) is 11.0. The molecule has 0 aromatic heterocycles. The van der Waals surface area contributed by atoms with Gasteiger partial charge in [-0.05, 0) is 48.7 Å². The molecule has 2 aromatic rings. The fraction of sp³-hybridized carbons (Fsp3) is 0.441. The van der Waals surface area contributed by atoms with E-state index in [2.05, 4.69) is 57.5 Å². The van der Waals surface area contributed by atoms with Crippen LogP contribution in [-0.4, -0.2) is 41.7 Å². The highest BCUT2D eigenvalue weighted by molar-refractivity contribution is 6.74. The minimum atomic E-state index is -2.02. The molecule has 0 bridgehead atoms. The maximum atomic E-state index is 12.7. The summed E-state index contributed by atoms with van der Waals surface area (Å²) >= 11 is 0. The Balaban J connectivity index is 2.53. The molecule has 0 spiro atoms. The van der Waals surface area contributed by atoms with E-state index in [4.69, 9.17) is 18.6 Å². The highest BCUT2D eigenvalue weighted by Gasteiger charge is 2.37. The zero-order chi connectivity index (χ0) is 29.4. The van der Waals surface area contributed by atoms with Gasteiger partial charge in [-0.1, -0.05) is 86.9 Å². The molecular formula is C34H44O5Si. The molecule has 214 valence electrons. The first-order chi connectivity index (χ1) is 19.1. The van der Waals surface area contributed by atoms with Crippen molar-refractivity contribution in [1.29, 1.82) is 0 Å². The van der Waals surface area contributed by atoms with E-state index < -0.39 is 20.4 Å². The van der Waals surface area contributed by atoms with Crippen molar-refractivity contribution >= 4 is 14.3 Å². The SMILES string of the molecule is COCCCCC#C/C(=C\C#Cc1ccccc1)C(OC(=O)COC)c1ccccc1CO[Si](C)(C)C(C)(C)C. The summed E-state index contributed by atoms with van der Waals surface area (Å²) in [5.74, 6) is 12.3. The van der Waals surface area contributed by atoms with Crippen molar-refractivity contribution in [2.45, 2.75) is 70.9 Å². The van der Waals surface area contributed by atoms with Gasteiger partial charge in [0.2, 0.25) is 0 Å². The van der Waals surface area contributed by atoms with Gasteiger partial charge in [0, 0.05) is 44.5 Å². The highest BCUT2D eigenvalue weighted by Crippen LogP contribution is 2.38. The second kappa shape index (κ2) is 16.9. The Morgan fingerprint density at radius 1 is 0.975 bits per heavy atom. The molecule has 0 aliphatic heterocycles. The van der Waals surface area contributed by atoms with Crippen LogP contribution in [0.3, 0.4) is 0 Å². The number of carbonyl (C=O) groups is 1.